The van der Waals surface area contributed by atoms with Gasteiger partial charge in [0.2, 0.25) is 0 Å². The van der Waals surface area contributed by atoms with Crippen LogP contribution in [0.5, 0.6) is 0 Å². The SMILES string of the molecule is Cc1cc(C(=O)N2[C@H]3CC[C@H]2CC(S(=O)(=O)c2ccccc2)C3)c(C)o1. The summed E-state index contributed by atoms with van der Waals surface area (Å²) >= 11 is 0. The number of rotatable bonds is 3. The van der Waals surface area contributed by atoms with Gasteiger partial charge in [-0.05, 0) is 57.7 Å². The number of fused-ring (bicyclic) bond motifs is 2. The van der Waals surface area contributed by atoms with Gasteiger partial charge in [-0.3, -0.25) is 4.79 Å². The van der Waals surface area contributed by atoms with Gasteiger partial charge in [0.05, 0.1) is 15.7 Å². The minimum atomic E-state index is -3.36. The van der Waals surface area contributed by atoms with Crippen molar-refractivity contribution in [2.24, 2.45) is 0 Å². The van der Waals surface area contributed by atoms with E-state index in [1.54, 1.807) is 37.3 Å². The fourth-order valence-electron chi connectivity index (χ4n) is 4.50. The zero-order chi connectivity index (χ0) is 18.5. The molecule has 138 valence electrons. The molecule has 2 aromatic rings. The molecule has 0 N–H and O–H groups in total. The van der Waals surface area contributed by atoms with Gasteiger partial charge in [0.25, 0.3) is 5.91 Å². The second-order valence-corrected chi connectivity index (χ2v) is 9.60. The van der Waals surface area contributed by atoms with E-state index in [9.17, 15) is 13.2 Å². The summed E-state index contributed by atoms with van der Waals surface area (Å²) in [6, 6.07) is 10.4. The molecule has 2 aliphatic rings. The lowest BCUT2D eigenvalue weighted by atomic mass is 10.0. The average Bonchev–Trinajstić information content (AvgIpc) is 3.09. The van der Waals surface area contributed by atoms with Crippen molar-refractivity contribution in [2.75, 3.05) is 0 Å². The Labute approximate surface area is 153 Å². The molecule has 0 spiro atoms. The van der Waals surface area contributed by atoms with Crippen LogP contribution < -0.4 is 0 Å². The zero-order valence-electron chi connectivity index (χ0n) is 15.0. The van der Waals surface area contributed by atoms with Gasteiger partial charge in [-0.1, -0.05) is 18.2 Å². The Hall–Kier alpha value is -2.08. The van der Waals surface area contributed by atoms with E-state index in [0.29, 0.717) is 29.1 Å². The number of nitrogens with zero attached hydrogens (tertiary/aromatic N) is 1. The van der Waals surface area contributed by atoms with Crippen LogP contribution in [-0.2, 0) is 9.84 Å². The fourth-order valence-corrected chi connectivity index (χ4v) is 6.37. The van der Waals surface area contributed by atoms with Crippen LogP contribution in [0.15, 0.2) is 45.7 Å². The van der Waals surface area contributed by atoms with Crippen molar-refractivity contribution >= 4 is 15.7 Å². The molecule has 5 nitrogen and oxygen atoms in total. The van der Waals surface area contributed by atoms with Crippen molar-refractivity contribution in [2.45, 2.75) is 61.8 Å². The average molecular weight is 373 g/mol. The normalized spacial score (nSPS) is 25.5. The highest BCUT2D eigenvalue weighted by molar-refractivity contribution is 7.92. The molecule has 2 saturated heterocycles. The van der Waals surface area contributed by atoms with Crippen LogP contribution in [0, 0.1) is 13.8 Å². The molecule has 0 saturated carbocycles. The molecule has 4 rings (SSSR count). The molecule has 2 bridgehead atoms. The fraction of sp³-hybridized carbons (Fsp3) is 0.450. The van der Waals surface area contributed by atoms with Crippen molar-refractivity contribution in [1.29, 1.82) is 0 Å². The number of hydrogen-bond donors (Lipinski definition) is 0. The number of carbonyl (C=O) groups excluding carboxylic acids is 1. The Morgan fingerprint density at radius 1 is 1.08 bits per heavy atom. The number of piperidine rings is 1. The lowest BCUT2D eigenvalue weighted by Crippen LogP contribution is -2.49. The van der Waals surface area contributed by atoms with E-state index in [1.807, 2.05) is 17.9 Å². The minimum absolute atomic E-state index is 0.0145. The molecule has 1 amide bonds. The summed E-state index contributed by atoms with van der Waals surface area (Å²) in [6.45, 7) is 3.63. The molecule has 1 aromatic heterocycles. The van der Waals surface area contributed by atoms with Gasteiger partial charge in [-0.15, -0.1) is 0 Å². The maximum absolute atomic E-state index is 13.0. The Kier molecular flexibility index (Phi) is 4.18. The van der Waals surface area contributed by atoms with E-state index in [2.05, 4.69) is 0 Å². The maximum Gasteiger partial charge on any atom is 0.257 e. The molecule has 26 heavy (non-hydrogen) atoms. The van der Waals surface area contributed by atoms with Crippen LogP contribution in [0.25, 0.3) is 0 Å². The third-order valence-corrected chi connectivity index (χ3v) is 7.90. The van der Waals surface area contributed by atoms with Gasteiger partial charge in [-0.2, -0.15) is 0 Å². The van der Waals surface area contributed by atoms with Crippen LogP contribution in [0.4, 0.5) is 0 Å². The number of aryl methyl sites for hydroxylation is 2. The molecular weight excluding hydrogens is 350 g/mol. The molecule has 0 unspecified atom stereocenters. The standard InChI is InChI=1S/C20H23NO4S/c1-13-10-19(14(2)25-13)20(22)21-15-8-9-16(21)12-18(11-15)26(23,24)17-6-4-3-5-7-17/h3-7,10,15-16,18H,8-9,11-12H2,1-2H3/t15-,16-/m0/s1. The molecule has 2 aliphatic heterocycles. The largest absolute Gasteiger partial charge is 0.466 e. The van der Waals surface area contributed by atoms with Crippen molar-refractivity contribution in [3.8, 4) is 0 Å². The summed E-state index contributed by atoms with van der Waals surface area (Å²) in [5.74, 6) is 1.33. The quantitative estimate of drug-likeness (QED) is 0.826. The van der Waals surface area contributed by atoms with Crippen LogP contribution in [-0.4, -0.2) is 36.6 Å². The molecule has 2 atom stereocenters. The molecule has 0 radical (unpaired) electrons. The first-order chi connectivity index (χ1) is 12.4. The van der Waals surface area contributed by atoms with Crippen LogP contribution in [0.2, 0.25) is 0 Å². The lowest BCUT2D eigenvalue weighted by Gasteiger charge is -2.38. The molecule has 1 aromatic carbocycles. The van der Waals surface area contributed by atoms with Gasteiger partial charge < -0.3 is 9.32 Å². The zero-order valence-corrected chi connectivity index (χ0v) is 15.8. The number of benzene rings is 1. The predicted molar refractivity (Wildman–Crippen MR) is 97.8 cm³/mol. The van der Waals surface area contributed by atoms with Gasteiger partial charge in [0.1, 0.15) is 11.5 Å². The lowest BCUT2D eigenvalue weighted by molar-refractivity contribution is 0.0596. The topological polar surface area (TPSA) is 67.6 Å². The van der Waals surface area contributed by atoms with Gasteiger partial charge >= 0.3 is 0 Å². The number of sulfone groups is 1. The summed E-state index contributed by atoms with van der Waals surface area (Å²) in [5, 5.41) is -0.418. The van der Waals surface area contributed by atoms with E-state index >= 15 is 0 Å². The monoisotopic (exact) mass is 373 g/mol. The number of carbonyl (C=O) groups is 1. The molecular formula is C20H23NO4S. The first-order valence-corrected chi connectivity index (χ1v) is 10.6. The van der Waals surface area contributed by atoms with Crippen molar-refractivity contribution < 1.29 is 17.6 Å². The number of hydrogen-bond acceptors (Lipinski definition) is 4. The van der Waals surface area contributed by atoms with Crippen molar-refractivity contribution in [3.63, 3.8) is 0 Å². The predicted octanol–water partition coefficient (Wildman–Crippen LogP) is 3.51. The highest BCUT2D eigenvalue weighted by Crippen LogP contribution is 2.41. The summed E-state index contributed by atoms with van der Waals surface area (Å²) < 4.78 is 31.5. The minimum Gasteiger partial charge on any atom is -0.466 e. The van der Waals surface area contributed by atoms with Crippen molar-refractivity contribution in [3.05, 3.63) is 53.5 Å². The van der Waals surface area contributed by atoms with Gasteiger partial charge in [-0.25, -0.2) is 8.42 Å². The third-order valence-electron chi connectivity index (χ3n) is 5.71. The van der Waals surface area contributed by atoms with E-state index in [-0.39, 0.29) is 18.0 Å². The van der Waals surface area contributed by atoms with Gasteiger partial charge in [0, 0.05) is 12.1 Å². The Morgan fingerprint density at radius 2 is 1.69 bits per heavy atom. The Bertz CT molecular complexity index is 918. The highest BCUT2D eigenvalue weighted by Gasteiger charge is 2.47. The molecule has 2 fully saturated rings. The first-order valence-electron chi connectivity index (χ1n) is 9.06. The van der Waals surface area contributed by atoms with E-state index < -0.39 is 15.1 Å². The molecule has 3 heterocycles. The smallest absolute Gasteiger partial charge is 0.257 e. The Balaban J connectivity index is 1.58. The summed E-state index contributed by atoms with van der Waals surface area (Å²) in [6.07, 6.45) is 2.75. The third kappa shape index (κ3) is 2.76. The van der Waals surface area contributed by atoms with Crippen LogP contribution >= 0.6 is 0 Å². The molecule has 6 heteroatoms. The van der Waals surface area contributed by atoms with Crippen LogP contribution in [0.3, 0.4) is 0 Å². The van der Waals surface area contributed by atoms with Crippen molar-refractivity contribution in [1.82, 2.24) is 4.90 Å². The molecule has 0 aliphatic carbocycles. The summed E-state index contributed by atoms with van der Waals surface area (Å²) in [4.78, 5) is 15.3. The maximum atomic E-state index is 13.0. The van der Waals surface area contributed by atoms with E-state index in [4.69, 9.17) is 4.42 Å². The summed E-state index contributed by atoms with van der Waals surface area (Å²) in [7, 11) is -3.36. The second-order valence-electron chi connectivity index (χ2n) is 7.38. The van der Waals surface area contributed by atoms with Crippen LogP contribution in [0.1, 0.15) is 47.6 Å². The first kappa shape index (κ1) is 17.3. The number of furan rings is 1. The Morgan fingerprint density at radius 3 is 2.23 bits per heavy atom. The van der Waals surface area contributed by atoms with Gasteiger partial charge in [0.15, 0.2) is 9.84 Å². The van der Waals surface area contributed by atoms with E-state index in [0.717, 1.165) is 18.6 Å². The summed E-state index contributed by atoms with van der Waals surface area (Å²) in [5.41, 5.74) is 0.601. The highest BCUT2D eigenvalue weighted by atomic mass is 32.2. The number of amides is 1. The second kappa shape index (κ2) is 6.27. The van der Waals surface area contributed by atoms with E-state index in [1.165, 1.54) is 0 Å².